The number of rotatable bonds is 3. The van der Waals surface area contributed by atoms with Crippen molar-refractivity contribution in [3.8, 4) is 0 Å². The van der Waals surface area contributed by atoms with Crippen molar-refractivity contribution >= 4 is 17.7 Å². The zero-order chi connectivity index (χ0) is 16.6. The zero-order valence-corrected chi connectivity index (χ0v) is 13.1. The van der Waals surface area contributed by atoms with Crippen LogP contribution in [0, 0.1) is 0 Å². The van der Waals surface area contributed by atoms with Crippen LogP contribution in [-0.4, -0.2) is 58.9 Å². The van der Waals surface area contributed by atoms with E-state index in [-0.39, 0.29) is 30.4 Å². The fraction of sp³-hybridized carbons (Fsp3) is 0.471. The summed E-state index contributed by atoms with van der Waals surface area (Å²) in [4.78, 5) is 39.6. The fourth-order valence-corrected chi connectivity index (χ4v) is 3.38. The summed E-state index contributed by atoms with van der Waals surface area (Å²) in [7, 11) is 1.44. The van der Waals surface area contributed by atoms with Gasteiger partial charge in [-0.2, -0.15) is 0 Å². The molecule has 1 fully saturated rings. The van der Waals surface area contributed by atoms with E-state index < -0.39 is 0 Å². The standard InChI is InChI=1S/C17H20N2O4/c1-18-16(22)13-6-5-11(10-14(13)17(18)23)15(21)19-8-3-2-4-12(19)7-9-20/h5-6,10,12,20H,2-4,7-9H2,1H3. The number of fused-ring (bicyclic) bond motifs is 1. The van der Waals surface area contributed by atoms with Gasteiger partial charge in [0.15, 0.2) is 0 Å². The number of amides is 3. The monoisotopic (exact) mass is 316 g/mol. The van der Waals surface area contributed by atoms with Gasteiger partial charge < -0.3 is 10.0 Å². The molecule has 0 saturated carbocycles. The molecule has 3 rings (SSSR count). The van der Waals surface area contributed by atoms with Crippen molar-refractivity contribution in [2.45, 2.75) is 31.7 Å². The van der Waals surface area contributed by atoms with E-state index in [9.17, 15) is 19.5 Å². The Morgan fingerprint density at radius 1 is 1.22 bits per heavy atom. The van der Waals surface area contributed by atoms with Gasteiger partial charge in [0, 0.05) is 31.8 Å². The molecule has 1 N–H and O–H groups in total. The molecule has 1 atom stereocenters. The molecule has 0 radical (unpaired) electrons. The van der Waals surface area contributed by atoms with Crippen molar-refractivity contribution in [3.05, 3.63) is 34.9 Å². The van der Waals surface area contributed by atoms with E-state index in [1.54, 1.807) is 17.0 Å². The minimum Gasteiger partial charge on any atom is -0.396 e. The second-order valence-corrected chi connectivity index (χ2v) is 6.09. The second kappa shape index (κ2) is 6.12. The SMILES string of the molecule is CN1C(=O)c2ccc(C(=O)N3CCCCC3CCO)cc2C1=O. The van der Waals surface area contributed by atoms with Crippen LogP contribution in [0.2, 0.25) is 0 Å². The Bertz CT molecular complexity index is 669. The summed E-state index contributed by atoms with van der Waals surface area (Å²) in [6.45, 7) is 0.712. The molecule has 3 amide bonds. The van der Waals surface area contributed by atoms with Crippen LogP contribution in [-0.2, 0) is 0 Å². The van der Waals surface area contributed by atoms with Gasteiger partial charge in [-0.05, 0) is 43.9 Å². The molecule has 6 heteroatoms. The van der Waals surface area contributed by atoms with Gasteiger partial charge in [-0.25, -0.2) is 0 Å². The van der Waals surface area contributed by atoms with Crippen molar-refractivity contribution in [2.75, 3.05) is 20.2 Å². The van der Waals surface area contributed by atoms with Gasteiger partial charge in [0.05, 0.1) is 11.1 Å². The summed E-state index contributed by atoms with van der Waals surface area (Å²) in [5, 5.41) is 9.18. The Hall–Kier alpha value is -2.21. The first-order chi connectivity index (χ1) is 11.0. The first-order valence-electron chi connectivity index (χ1n) is 7.93. The van der Waals surface area contributed by atoms with E-state index in [0.29, 0.717) is 29.7 Å². The predicted octanol–water partition coefficient (Wildman–Crippen LogP) is 1.29. The molecule has 6 nitrogen and oxygen atoms in total. The third-order valence-corrected chi connectivity index (χ3v) is 4.69. The largest absolute Gasteiger partial charge is 0.396 e. The third-order valence-electron chi connectivity index (χ3n) is 4.69. The van der Waals surface area contributed by atoms with Crippen LogP contribution in [0.15, 0.2) is 18.2 Å². The van der Waals surface area contributed by atoms with Crippen LogP contribution in [0.4, 0.5) is 0 Å². The lowest BCUT2D eigenvalue weighted by atomic mass is 9.97. The van der Waals surface area contributed by atoms with E-state index in [1.807, 2.05) is 0 Å². The normalized spacial score (nSPS) is 20.9. The molecule has 1 unspecified atom stereocenters. The molecule has 2 aliphatic heterocycles. The molecule has 0 aliphatic carbocycles. The first kappa shape index (κ1) is 15.7. The Labute approximate surface area is 134 Å². The summed E-state index contributed by atoms with van der Waals surface area (Å²) in [5.41, 5.74) is 1.06. The zero-order valence-electron chi connectivity index (χ0n) is 13.1. The van der Waals surface area contributed by atoms with E-state index in [4.69, 9.17) is 0 Å². The number of aliphatic hydroxyl groups is 1. The number of carbonyl (C=O) groups excluding carboxylic acids is 3. The van der Waals surface area contributed by atoms with Crippen LogP contribution in [0.1, 0.15) is 56.8 Å². The number of piperidine rings is 1. The first-order valence-corrected chi connectivity index (χ1v) is 7.93. The van der Waals surface area contributed by atoms with Crippen molar-refractivity contribution in [1.82, 2.24) is 9.80 Å². The van der Waals surface area contributed by atoms with E-state index >= 15 is 0 Å². The molecule has 0 bridgehead atoms. The summed E-state index contributed by atoms with van der Waals surface area (Å²) in [6, 6.07) is 4.72. The van der Waals surface area contributed by atoms with Gasteiger partial charge in [0.1, 0.15) is 0 Å². The summed E-state index contributed by atoms with van der Waals surface area (Å²) >= 11 is 0. The van der Waals surface area contributed by atoms with Crippen LogP contribution >= 0.6 is 0 Å². The van der Waals surface area contributed by atoms with E-state index in [0.717, 1.165) is 24.2 Å². The van der Waals surface area contributed by atoms with Crippen molar-refractivity contribution in [2.24, 2.45) is 0 Å². The number of imide groups is 1. The molecule has 2 aliphatic rings. The third kappa shape index (κ3) is 2.63. The molecule has 0 aromatic heterocycles. The van der Waals surface area contributed by atoms with Gasteiger partial charge in [-0.1, -0.05) is 0 Å². The Morgan fingerprint density at radius 3 is 2.70 bits per heavy atom. The lowest BCUT2D eigenvalue weighted by Gasteiger charge is -2.35. The molecule has 122 valence electrons. The smallest absolute Gasteiger partial charge is 0.261 e. The maximum Gasteiger partial charge on any atom is 0.261 e. The lowest BCUT2D eigenvalue weighted by Crippen LogP contribution is -2.44. The molecule has 1 aromatic rings. The molecule has 1 saturated heterocycles. The Balaban J connectivity index is 1.89. The number of aliphatic hydroxyl groups excluding tert-OH is 1. The highest BCUT2D eigenvalue weighted by molar-refractivity contribution is 6.21. The van der Waals surface area contributed by atoms with Crippen LogP contribution in [0.5, 0.6) is 0 Å². The Kier molecular flexibility index (Phi) is 4.17. The van der Waals surface area contributed by atoms with Crippen LogP contribution in [0.25, 0.3) is 0 Å². The number of carbonyl (C=O) groups is 3. The fourth-order valence-electron chi connectivity index (χ4n) is 3.38. The van der Waals surface area contributed by atoms with Crippen molar-refractivity contribution in [1.29, 1.82) is 0 Å². The van der Waals surface area contributed by atoms with Gasteiger partial charge in [-0.3, -0.25) is 19.3 Å². The average Bonchev–Trinajstić information content (AvgIpc) is 2.79. The number of hydrogen-bond donors (Lipinski definition) is 1. The van der Waals surface area contributed by atoms with Gasteiger partial charge in [0.25, 0.3) is 17.7 Å². The van der Waals surface area contributed by atoms with Crippen LogP contribution in [0.3, 0.4) is 0 Å². The topological polar surface area (TPSA) is 77.9 Å². The maximum atomic E-state index is 12.8. The van der Waals surface area contributed by atoms with Crippen LogP contribution < -0.4 is 0 Å². The number of benzene rings is 1. The predicted molar refractivity (Wildman–Crippen MR) is 83.2 cm³/mol. The van der Waals surface area contributed by atoms with Gasteiger partial charge >= 0.3 is 0 Å². The average molecular weight is 316 g/mol. The molecule has 0 spiro atoms. The van der Waals surface area contributed by atoms with Gasteiger partial charge in [-0.15, -0.1) is 0 Å². The summed E-state index contributed by atoms with van der Waals surface area (Å²) in [5.74, 6) is -0.842. The highest BCUT2D eigenvalue weighted by Crippen LogP contribution is 2.26. The lowest BCUT2D eigenvalue weighted by molar-refractivity contribution is 0.0574. The maximum absolute atomic E-state index is 12.8. The van der Waals surface area contributed by atoms with Crippen molar-refractivity contribution in [3.63, 3.8) is 0 Å². The van der Waals surface area contributed by atoms with E-state index in [2.05, 4.69) is 0 Å². The molecule has 23 heavy (non-hydrogen) atoms. The van der Waals surface area contributed by atoms with Gasteiger partial charge in [0.2, 0.25) is 0 Å². The highest BCUT2D eigenvalue weighted by atomic mass is 16.3. The number of nitrogens with zero attached hydrogens (tertiary/aromatic N) is 2. The van der Waals surface area contributed by atoms with Crippen molar-refractivity contribution < 1.29 is 19.5 Å². The molecule has 1 aromatic carbocycles. The summed E-state index contributed by atoms with van der Waals surface area (Å²) < 4.78 is 0. The summed E-state index contributed by atoms with van der Waals surface area (Å²) in [6.07, 6.45) is 3.45. The second-order valence-electron chi connectivity index (χ2n) is 6.09. The minimum atomic E-state index is -0.370. The molecular formula is C17H20N2O4. The quantitative estimate of drug-likeness (QED) is 0.852. The minimum absolute atomic E-state index is 0.0366. The van der Waals surface area contributed by atoms with E-state index in [1.165, 1.54) is 13.1 Å². The highest BCUT2D eigenvalue weighted by Gasteiger charge is 2.34. The number of hydrogen-bond acceptors (Lipinski definition) is 4. The molecule has 2 heterocycles. The number of likely N-dealkylation sites (tertiary alicyclic amines) is 1. The Morgan fingerprint density at radius 2 is 1.96 bits per heavy atom. The molecular weight excluding hydrogens is 296 g/mol.